The van der Waals surface area contributed by atoms with E-state index in [1.165, 1.54) is 25.9 Å². The molecule has 1 aliphatic rings. The minimum absolute atomic E-state index is 0.681. The molecular formula is C14H30N2O. The molecule has 0 aliphatic carbocycles. The van der Waals surface area contributed by atoms with Crippen LogP contribution in [0, 0.1) is 5.92 Å². The van der Waals surface area contributed by atoms with Gasteiger partial charge in [-0.25, -0.2) is 0 Å². The van der Waals surface area contributed by atoms with Crippen LogP contribution in [-0.2, 0) is 4.74 Å². The molecule has 3 nitrogen and oxygen atoms in total. The van der Waals surface area contributed by atoms with Crippen LogP contribution in [0.25, 0.3) is 0 Å². The number of nitrogens with one attached hydrogen (secondary N) is 1. The van der Waals surface area contributed by atoms with Gasteiger partial charge >= 0.3 is 0 Å². The van der Waals surface area contributed by atoms with Crippen LogP contribution < -0.4 is 5.32 Å². The van der Waals surface area contributed by atoms with Gasteiger partial charge in [0.1, 0.15) is 0 Å². The zero-order valence-electron chi connectivity index (χ0n) is 12.0. The van der Waals surface area contributed by atoms with Gasteiger partial charge in [0.25, 0.3) is 0 Å². The number of methoxy groups -OCH3 is 1. The van der Waals surface area contributed by atoms with Crippen LogP contribution in [0.2, 0.25) is 0 Å². The molecule has 1 saturated heterocycles. The summed E-state index contributed by atoms with van der Waals surface area (Å²) in [6, 6.07) is 1.40. The van der Waals surface area contributed by atoms with E-state index in [9.17, 15) is 0 Å². The third kappa shape index (κ3) is 5.36. The van der Waals surface area contributed by atoms with Crippen LogP contribution in [0.1, 0.15) is 40.0 Å². The molecule has 1 aliphatic heterocycles. The maximum Gasteiger partial charge on any atom is 0.0474 e. The first kappa shape index (κ1) is 14.9. The van der Waals surface area contributed by atoms with E-state index in [4.69, 9.17) is 4.74 Å². The van der Waals surface area contributed by atoms with Gasteiger partial charge in [-0.15, -0.1) is 0 Å². The first-order valence-electron chi connectivity index (χ1n) is 7.13. The van der Waals surface area contributed by atoms with Gasteiger partial charge in [0, 0.05) is 45.4 Å². The smallest absolute Gasteiger partial charge is 0.0474 e. The van der Waals surface area contributed by atoms with Gasteiger partial charge in [-0.2, -0.15) is 0 Å². The molecule has 0 spiro atoms. The second kappa shape index (κ2) is 8.06. The van der Waals surface area contributed by atoms with E-state index >= 15 is 0 Å². The van der Waals surface area contributed by atoms with Gasteiger partial charge in [-0.3, -0.25) is 4.90 Å². The third-order valence-electron chi connectivity index (χ3n) is 3.63. The van der Waals surface area contributed by atoms with E-state index in [0.29, 0.717) is 6.04 Å². The van der Waals surface area contributed by atoms with Gasteiger partial charge in [0.15, 0.2) is 0 Å². The van der Waals surface area contributed by atoms with Crippen molar-refractivity contribution in [3.05, 3.63) is 0 Å². The summed E-state index contributed by atoms with van der Waals surface area (Å²) >= 11 is 0. The minimum atomic E-state index is 0.681. The first-order valence-corrected chi connectivity index (χ1v) is 7.13. The Bertz CT molecular complexity index is 197. The second-order valence-electron chi connectivity index (χ2n) is 5.64. The summed E-state index contributed by atoms with van der Waals surface area (Å²) in [6.07, 6.45) is 3.69. The second-order valence-corrected chi connectivity index (χ2v) is 5.64. The summed E-state index contributed by atoms with van der Waals surface area (Å²) < 4.78 is 5.15. The van der Waals surface area contributed by atoms with E-state index in [1.807, 2.05) is 0 Å². The van der Waals surface area contributed by atoms with E-state index in [-0.39, 0.29) is 0 Å². The minimum Gasteiger partial charge on any atom is -0.385 e. The van der Waals surface area contributed by atoms with Crippen molar-refractivity contribution in [1.82, 2.24) is 10.2 Å². The highest BCUT2D eigenvalue weighted by Crippen LogP contribution is 2.15. The third-order valence-corrected chi connectivity index (χ3v) is 3.63. The molecule has 1 heterocycles. The first-order chi connectivity index (χ1) is 8.17. The Morgan fingerprint density at radius 3 is 2.76 bits per heavy atom. The van der Waals surface area contributed by atoms with Gasteiger partial charge in [-0.05, 0) is 25.2 Å². The molecular weight excluding hydrogens is 212 g/mol. The number of piperazine rings is 1. The largest absolute Gasteiger partial charge is 0.385 e. The van der Waals surface area contributed by atoms with Crippen molar-refractivity contribution in [2.75, 3.05) is 33.4 Å². The Hall–Kier alpha value is -0.120. The number of nitrogens with zero attached hydrogens (tertiary/aromatic N) is 1. The summed E-state index contributed by atoms with van der Waals surface area (Å²) in [6.45, 7) is 11.3. The Kier molecular flexibility index (Phi) is 7.09. The zero-order valence-corrected chi connectivity index (χ0v) is 12.0. The predicted molar refractivity (Wildman–Crippen MR) is 73.4 cm³/mol. The summed E-state index contributed by atoms with van der Waals surface area (Å²) in [4.78, 5) is 2.66. The maximum absolute atomic E-state index is 5.15. The molecule has 0 radical (unpaired) electrons. The van der Waals surface area contributed by atoms with Gasteiger partial charge in [-0.1, -0.05) is 20.8 Å². The summed E-state index contributed by atoms with van der Waals surface area (Å²) in [5, 5.41) is 3.70. The fourth-order valence-corrected chi connectivity index (χ4v) is 2.74. The number of hydrogen-bond acceptors (Lipinski definition) is 3. The van der Waals surface area contributed by atoms with Crippen LogP contribution in [0.15, 0.2) is 0 Å². The van der Waals surface area contributed by atoms with Crippen molar-refractivity contribution in [1.29, 1.82) is 0 Å². The molecule has 17 heavy (non-hydrogen) atoms. The standard InChI is InChI=1S/C14H30N2O/c1-5-14-10-15-13(9-12(2)3)11-16(14)7-6-8-17-4/h12-15H,5-11H2,1-4H3. The molecule has 102 valence electrons. The van der Waals surface area contributed by atoms with E-state index in [2.05, 4.69) is 31.0 Å². The van der Waals surface area contributed by atoms with Crippen molar-refractivity contribution in [2.45, 2.75) is 52.1 Å². The molecule has 2 unspecified atom stereocenters. The Morgan fingerprint density at radius 1 is 1.41 bits per heavy atom. The highest BCUT2D eigenvalue weighted by molar-refractivity contribution is 4.85. The highest BCUT2D eigenvalue weighted by atomic mass is 16.5. The molecule has 1 rings (SSSR count). The molecule has 0 saturated carbocycles. The number of ether oxygens (including phenoxy) is 1. The van der Waals surface area contributed by atoms with Crippen molar-refractivity contribution in [3.63, 3.8) is 0 Å². The van der Waals surface area contributed by atoms with E-state index in [0.717, 1.165) is 31.5 Å². The summed E-state index contributed by atoms with van der Waals surface area (Å²) in [5.74, 6) is 0.784. The Morgan fingerprint density at radius 2 is 2.18 bits per heavy atom. The fraction of sp³-hybridized carbons (Fsp3) is 1.00. The maximum atomic E-state index is 5.15. The van der Waals surface area contributed by atoms with Crippen LogP contribution in [0.4, 0.5) is 0 Å². The predicted octanol–water partition coefficient (Wildman–Crippen LogP) is 2.12. The summed E-state index contributed by atoms with van der Waals surface area (Å²) in [5.41, 5.74) is 0. The van der Waals surface area contributed by atoms with Gasteiger partial charge < -0.3 is 10.1 Å². The molecule has 1 fully saturated rings. The SMILES string of the molecule is CCC1CNC(CC(C)C)CN1CCCOC. The normalized spacial score (nSPS) is 26.6. The summed E-state index contributed by atoms with van der Waals surface area (Å²) in [7, 11) is 1.79. The van der Waals surface area contributed by atoms with Crippen molar-refractivity contribution < 1.29 is 4.74 Å². The monoisotopic (exact) mass is 242 g/mol. The molecule has 3 heteroatoms. The number of hydrogen-bond donors (Lipinski definition) is 1. The van der Waals surface area contributed by atoms with Gasteiger partial charge in [0.2, 0.25) is 0 Å². The average molecular weight is 242 g/mol. The Balaban J connectivity index is 2.38. The average Bonchev–Trinajstić information content (AvgIpc) is 2.29. The molecule has 1 N–H and O–H groups in total. The molecule has 0 amide bonds. The molecule has 0 aromatic heterocycles. The molecule has 0 aromatic carbocycles. The van der Waals surface area contributed by atoms with Crippen LogP contribution >= 0.6 is 0 Å². The van der Waals surface area contributed by atoms with Crippen LogP contribution in [0.5, 0.6) is 0 Å². The quantitative estimate of drug-likeness (QED) is 0.692. The lowest BCUT2D eigenvalue weighted by Crippen LogP contribution is -2.56. The highest BCUT2D eigenvalue weighted by Gasteiger charge is 2.26. The lowest BCUT2D eigenvalue weighted by Gasteiger charge is -2.40. The zero-order chi connectivity index (χ0) is 12.7. The molecule has 0 aromatic rings. The molecule has 2 atom stereocenters. The van der Waals surface area contributed by atoms with Crippen LogP contribution in [0.3, 0.4) is 0 Å². The topological polar surface area (TPSA) is 24.5 Å². The van der Waals surface area contributed by atoms with Gasteiger partial charge in [0.05, 0.1) is 0 Å². The lowest BCUT2D eigenvalue weighted by molar-refractivity contribution is 0.102. The van der Waals surface area contributed by atoms with Crippen molar-refractivity contribution in [2.24, 2.45) is 5.92 Å². The fourth-order valence-electron chi connectivity index (χ4n) is 2.74. The number of rotatable bonds is 7. The van der Waals surface area contributed by atoms with E-state index < -0.39 is 0 Å². The van der Waals surface area contributed by atoms with E-state index in [1.54, 1.807) is 7.11 Å². The Labute approximate surface area is 107 Å². The van der Waals surface area contributed by atoms with Crippen molar-refractivity contribution in [3.8, 4) is 0 Å². The van der Waals surface area contributed by atoms with Crippen LogP contribution in [-0.4, -0.2) is 50.3 Å². The molecule has 0 bridgehead atoms. The van der Waals surface area contributed by atoms with Crippen molar-refractivity contribution >= 4 is 0 Å². The lowest BCUT2D eigenvalue weighted by atomic mass is 9.99.